The maximum Gasteiger partial charge on any atom is 0.239 e. The molecule has 13 heavy (non-hydrogen) atoms. The molecule has 1 heterocycles. The van der Waals surface area contributed by atoms with E-state index in [9.17, 15) is 4.79 Å². The molecule has 1 unspecified atom stereocenters. The summed E-state index contributed by atoms with van der Waals surface area (Å²) < 4.78 is 0. The first kappa shape index (κ1) is 10.2. The molecule has 0 aromatic heterocycles. The molecular formula is C10H16N2O. The number of hydrogen-bond donors (Lipinski definition) is 0. The smallest absolute Gasteiger partial charge is 0.239 e. The van der Waals surface area contributed by atoms with E-state index in [1.54, 1.807) is 6.20 Å². The van der Waals surface area contributed by atoms with E-state index in [1.807, 2.05) is 6.08 Å². The highest BCUT2D eigenvalue weighted by molar-refractivity contribution is 5.34. The lowest BCUT2D eigenvalue weighted by Gasteiger charge is -2.25. The van der Waals surface area contributed by atoms with Gasteiger partial charge in [-0.05, 0) is 39.3 Å². The van der Waals surface area contributed by atoms with Crippen LogP contribution in [0.15, 0.2) is 17.3 Å². The zero-order valence-corrected chi connectivity index (χ0v) is 8.23. The lowest BCUT2D eigenvalue weighted by atomic mass is 10.2. The van der Waals surface area contributed by atoms with Gasteiger partial charge in [-0.1, -0.05) is 0 Å². The van der Waals surface area contributed by atoms with Crippen molar-refractivity contribution in [2.75, 3.05) is 6.54 Å². The standard InChI is InChI=1S/C10H16N2O/c1-9(2)12-7-3-4-10(12)5-6-11-8-13/h5-6,9-10H,3-4,7H2,1-2H3/b6-5-. The Kier molecular flexibility index (Phi) is 3.87. The molecular weight excluding hydrogens is 164 g/mol. The van der Waals surface area contributed by atoms with Crippen LogP contribution in [0, 0.1) is 0 Å². The summed E-state index contributed by atoms with van der Waals surface area (Å²) in [7, 11) is 0. The molecule has 3 nitrogen and oxygen atoms in total. The number of rotatable bonds is 3. The van der Waals surface area contributed by atoms with Crippen LogP contribution in [0.5, 0.6) is 0 Å². The van der Waals surface area contributed by atoms with Crippen molar-refractivity contribution < 1.29 is 4.79 Å². The lowest BCUT2D eigenvalue weighted by molar-refractivity contribution is 0.234. The fourth-order valence-corrected chi connectivity index (χ4v) is 1.84. The third-order valence-corrected chi connectivity index (χ3v) is 2.44. The number of carbonyl (C=O) groups excluding carboxylic acids is 1. The highest BCUT2D eigenvalue weighted by atomic mass is 16.1. The van der Waals surface area contributed by atoms with Crippen LogP contribution in [0.1, 0.15) is 26.7 Å². The highest BCUT2D eigenvalue weighted by Crippen LogP contribution is 2.20. The monoisotopic (exact) mass is 180 g/mol. The molecule has 0 radical (unpaired) electrons. The van der Waals surface area contributed by atoms with E-state index in [1.165, 1.54) is 18.9 Å². The maximum atomic E-state index is 9.84. The molecule has 0 spiro atoms. The molecule has 0 aromatic rings. The van der Waals surface area contributed by atoms with Gasteiger partial charge in [0.1, 0.15) is 0 Å². The van der Waals surface area contributed by atoms with Crippen LogP contribution in [0.4, 0.5) is 0 Å². The van der Waals surface area contributed by atoms with Crippen molar-refractivity contribution in [3.8, 4) is 0 Å². The number of nitrogens with zero attached hydrogens (tertiary/aromatic N) is 2. The van der Waals surface area contributed by atoms with Gasteiger partial charge in [0.2, 0.25) is 6.08 Å². The second-order valence-corrected chi connectivity index (χ2v) is 3.60. The first-order chi connectivity index (χ1) is 6.25. The predicted octanol–water partition coefficient (Wildman–Crippen LogP) is 1.71. The molecule has 1 fully saturated rings. The zero-order valence-electron chi connectivity index (χ0n) is 8.23. The van der Waals surface area contributed by atoms with Crippen molar-refractivity contribution in [2.24, 2.45) is 4.99 Å². The average molecular weight is 180 g/mol. The Bertz CT molecular complexity index is 229. The van der Waals surface area contributed by atoms with Crippen LogP contribution >= 0.6 is 0 Å². The fourth-order valence-electron chi connectivity index (χ4n) is 1.84. The van der Waals surface area contributed by atoms with E-state index >= 15 is 0 Å². The second kappa shape index (κ2) is 4.95. The first-order valence-electron chi connectivity index (χ1n) is 4.75. The molecule has 1 atom stereocenters. The van der Waals surface area contributed by atoms with Crippen molar-refractivity contribution in [3.05, 3.63) is 12.3 Å². The van der Waals surface area contributed by atoms with Gasteiger partial charge < -0.3 is 0 Å². The third-order valence-electron chi connectivity index (χ3n) is 2.44. The van der Waals surface area contributed by atoms with E-state index in [4.69, 9.17) is 0 Å². The summed E-state index contributed by atoms with van der Waals surface area (Å²) in [5.74, 6) is 0. The fraction of sp³-hybridized carbons (Fsp3) is 0.700. The van der Waals surface area contributed by atoms with Crippen molar-refractivity contribution in [3.63, 3.8) is 0 Å². The van der Waals surface area contributed by atoms with E-state index < -0.39 is 0 Å². The molecule has 1 aliphatic rings. The van der Waals surface area contributed by atoms with Crippen molar-refractivity contribution in [1.29, 1.82) is 0 Å². The van der Waals surface area contributed by atoms with Gasteiger partial charge in [0, 0.05) is 18.3 Å². The minimum atomic E-state index is 0.456. The van der Waals surface area contributed by atoms with Gasteiger partial charge in [-0.3, -0.25) is 4.90 Å². The van der Waals surface area contributed by atoms with Crippen molar-refractivity contribution in [2.45, 2.75) is 38.8 Å². The van der Waals surface area contributed by atoms with Gasteiger partial charge in [0.15, 0.2) is 0 Å². The number of isocyanates is 1. The highest BCUT2D eigenvalue weighted by Gasteiger charge is 2.23. The van der Waals surface area contributed by atoms with E-state index in [2.05, 4.69) is 23.7 Å². The Morgan fingerprint density at radius 2 is 2.38 bits per heavy atom. The van der Waals surface area contributed by atoms with Gasteiger partial charge in [-0.25, -0.2) is 4.79 Å². The topological polar surface area (TPSA) is 32.7 Å². The Labute approximate surface area is 79.1 Å². The van der Waals surface area contributed by atoms with Gasteiger partial charge in [0.25, 0.3) is 0 Å². The van der Waals surface area contributed by atoms with Crippen LogP contribution in [0.25, 0.3) is 0 Å². The molecule has 72 valence electrons. The third kappa shape index (κ3) is 2.79. The SMILES string of the molecule is CC(C)N1CCCC1/C=C\N=C=O. The second-order valence-electron chi connectivity index (χ2n) is 3.60. The van der Waals surface area contributed by atoms with Crippen molar-refractivity contribution in [1.82, 2.24) is 4.90 Å². The molecule has 0 saturated carbocycles. The summed E-state index contributed by atoms with van der Waals surface area (Å²) in [5, 5.41) is 0. The van der Waals surface area contributed by atoms with E-state index in [0.717, 1.165) is 6.54 Å². The van der Waals surface area contributed by atoms with E-state index in [0.29, 0.717) is 12.1 Å². The van der Waals surface area contributed by atoms with Gasteiger partial charge >= 0.3 is 0 Å². The Hall–Kier alpha value is -0.920. The van der Waals surface area contributed by atoms with Gasteiger partial charge in [0.05, 0.1) is 0 Å². The van der Waals surface area contributed by atoms with Crippen LogP contribution in [0.2, 0.25) is 0 Å². The summed E-state index contributed by atoms with van der Waals surface area (Å²) in [6.07, 6.45) is 7.45. The quantitative estimate of drug-likeness (QED) is 0.489. The number of hydrogen-bond acceptors (Lipinski definition) is 3. The van der Waals surface area contributed by atoms with Crippen LogP contribution in [-0.2, 0) is 4.79 Å². The minimum absolute atomic E-state index is 0.456. The molecule has 0 aliphatic carbocycles. The summed E-state index contributed by atoms with van der Waals surface area (Å²) in [6.45, 7) is 5.53. The van der Waals surface area contributed by atoms with Crippen LogP contribution in [-0.4, -0.2) is 29.6 Å². The zero-order chi connectivity index (χ0) is 9.68. The molecule has 1 aliphatic heterocycles. The lowest BCUT2D eigenvalue weighted by Crippen LogP contribution is -2.34. The summed E-state index contributed by atoms with van der Waals surface area (Å²) in [4.78, 5) is 15.7. The predicted molar refractivity (Wildman–Crippen MR) is 52.1 cm³/mol. The first-order valence-corrected chi connectivity index (χ1v) is 4.75. The Balaban J connectivity index is 2.53. The molecule has 0 amide bonds. The molecule has 0 aromatic carbocycles. The Morgan fingerprint density at radius 1 is 1.62 bits per heavy atom. The summed E-state index contributed by atoms with van der Waals surface area (Å²) in [6, 6.07) is 1.02. The van der Waals surface area contributed by atoms with Gasteiger partial charge in [-0.2, -0.15) is 4.99 Å². The summed E-state index contributed by atoms with van der Waals surface area (Å²) in [5.41, 5.74) is 0. The molecule has 3 heteroatoms. The van der Waals surface area contributed by atoms with E-state index in [-0.39, 0.29) is 0 Å². The molecule has 1 rings (SSSR count). The largest absolute Gasteiger partial charge is 0.294 e. The number of aliphatic imine (C=N–C) groups is 1. The van der Waals surface area contributed by atoms with Crippen LogP contribution in [0.3, 0.4) is 0 Å². The number of likely N-dealkylation sites (tertiary alicyclic amines) is 1. The van der Waals surface area contributed by atoms with Crippen LogP contribution < -0.4 is 0 Å². The molecule has 1 saturated heterocycles. The van der Waals surface area contributed by atoms with Gasteiger partial charge in [-0.15, -0.1) is 0 Å². The normalized spacial score (nSPS) is 24.1. The van der Waals surface area contributed by atoms with Crippen molar-refractivity contribution >= 4 is 6.08 Å². The summed E-state index contributed by atoms with van der Waals surface area (Å²) >= 11 is 0. The minimum Gasteiger partial charge on any atom is -0.294 e. The molecule has 0 bridgehead atoms. The maximum absolute atomic E-state index is 9.84. The Morgan fingerprint density at radius 3 is 3.00 bits per heavy atom. The molecule has 0 N–H and O–H groups in total. The average Bonchev–Trinajstić information content (AvgIpc) is 2.53.